The second-order valence-corrected chi connectivity index (χ2v) is 4.09. The molecule has 0 unspecified atom stereocenters. The lowest BCUT2D eigenvalue weighted by molar-refractivity contribution is 0.301. The molecule has 1 aromatic rings. The van der Waals surface area contributed by atoms with Gasteiger partial charge in [-0.1, -0.05) is 0 Å². The van der Waals surface area contributed by atoms with Crippen LogP contribution in [0.1, 0.15) is 24.0 Å². The zero-order valence-electron chi connectivity index (χ0n) is 9.35. The van der Waals surface area contributed by atoms with Gasteiger partial charge in [-0.25, -0.2) is 4.98 Å². The van der Waals surface area contributed by atoms with Crippen molar-refractivity contribution < 1.29 is 5.11 Å². The number of hydrogen-bond donors (Lipinski definition) is 1. The molecule has 0 amide bonds. The summed E-state index contributed by atoms with van der Waals surface area (Å²) in [5.74, 6) is 0.721. The molecule has 16 heavy (non-hydrogen) atoms. The van der Waals surface area contributed by atoms with E-state index < -0.39 is 0 Å². The smallest absolute Gasteiger partial charge is 0.147 e. The molecule has 4 nitrogen and oxygen atoms in total. The maximum Gasteiger partial charge on any atom is 0.147 e. The summed E-state index contributed by atoms with van der Waals surface area (Å²) in [6.07, 6.45) is 3.97. The van der Waals surface area contributed by atoms with Crippen molar-refractivity contribution in [2.75, 3.05) is 18.1 Å². The Kier molecular flexibility index (Phi) is 3.07. The monoisotopic (exact) mass is 217 g/mol. The first-order chi connectivity index (χ1) is 7.77. The molecule has 84 valence electrons. The number of nitrogens with zero attached hydrogens (tertiary/aromatic N) is 3. The van der Waals surface area contributed by atoms with Crippen molar-refractivity contribution in [2.45, 2.75) is 25.8 Å². The highest BCUT2D eigenvalue weighted by Crippen LogP contribution is 2.32. The lowest BCUT2D eigenvalue weighted by Gasteiger charge is -2.23. The molecule has 0 bridgehead atoms. The van der Waals surface area contributed by atoms with Crippen molar-refractivity contribution in [3.05, 3.63) is 23.4 Å². The Labute approximate surface area is 95.1 Å². The van der Waals surface area contributed by atoms with E-state index in [-0.39, 0.29) is 6.61 Å². The third-order valence-corrected chi connectivity index (χ3v) is 2.85. The largest absolute Gasteiger partial charge is 0.395 e. The molecule has 2 rings (SSSR count). The lowest BCUT2D eigenvalue weighted by atomic mass is 10.1. The van der Waals surface area contributed by atoms with Crippen LogP contribution in [-0.2, 0) is 0 Å². The van der Waals surface area contributed by atoms with Crippen LogP contribution in [0, 0.1) is 18.3 Å². The van der Waals surface area contributed by atoms with Gasteiger partial charge < -0.3 is 10.0 Å². The van der Waals surface area contributed by atoms with Gasteiger partial charge in [0.25, 0.3) is 0 Å². The number of aromatic nitrogens is 1. The summed E-state index contributed by atoms with van der Waals surface area (Å²) in [7, 11) is 0. The highest BCUT2D eigenvalue weighted by molar-refractivity contribution is 5.58. The molecule has 1 aliphatic rings. The van der Waals surface area contributed by atoms with Gasteiger partial charge in [-0.2, -0.15) is 5.26 Å². The van der Waals surface area contributed by atoms with E-state index in [9.17, 15) is 0 Å². The Morgan fingerprint density at radius 1 is 1.62 bits per heavy atom. The molecule has 0 saturated heterocycles. The van der Waals surface area contributed by atoms with Crippen LogP contribution in [-0.4, -0.2) is 29.3 Å². The van der Waals surface area contributed by atoms with Gasteiger partial charge in [-0.3, -0.25) is 0 Å². The summed E-state index contributed by atoms with van der Waals surface area (Å²) in [4.78, 5) is 6.33. The normalized spacial score (nSPS) is 14.6. The quantitative estimate of drug-likeness (QED) is 0.823. The zero-order valence-corrected chi connectivity index (χ0v) is 9.35. The fraction of sp³-hybridized carbons (Fsp3) is 0.500. The molecule has 1 aliphatic carbocycles. The van der Waals surface area contributed by atoms with Gasteiger partial charge in [-0.15, -0.1) is 0 Å². The Morgan fingerprint density at radius 2 is 2.38 bits per heavy atom. The van der Waals surface area contributed by atoms with Crippen molar-refractivity contribution in [1.82, 2.24) is 4.98 Å². The van der Waals surface area contributed by atoms with Gasteiger partial charge in [0.05, 0.1) is 12.2 Å². The van der Waals surface area contributed by atoms with Crippen LogP contribution in [0.5, 0.6) is 0 Å². The van der Waals surface area contributed by atoms with Crippen molar-refractivity contribution >= 4 is 5.82 Å². The summed E-state index contributed by atoms with van der Waals surface area (Å²) in [5.41, 5.74) is 1.57. The van der Waals surface area contributed by atoms with E-state index in [2.05, 4.69) is 11.1 Å². The summed E-state index contributed by atoms with van der Waals surface area (Å²) >= 11 is 0. The number of anilines is 1. The maximum atomic E-state index is 9.14. The molecular formula is C12H15N3O. The first kappa shape index (κ1) is 10.9. The topological polar surface area (TPSA) is 60.1 Å². The van der Waals surface area contributed by atoms with Gasteiger partial charge >= 0.3 is 0 Å². The zero-order chi connectivity index (χ0) is 11.5. The van der Waals surface area contributed by atoms with E-state index in [1.807, 2.05) is 17.9 Å². The first-order valence-electron chi connectivity index (χ1n) is 5.51. The van der Waals surface area contributed by atoms with E-state index in [4.69, 9.17) is 10.4 Å². The number of nitriles is 1. The summed E-state index contributed by atoms with van der Waals surface area (Å²) in [6, 6.07) is 4.49. The Bertz CT molecular complexity index is 421. The van der Waals surface area contributed by atoms with Gasteiger partial charge in [0.1, 0.15) is 11.9 Å². The minimum absolute atomic E-state index is 0.0942. The molecule has 0 atom stereocenters. The van der Waals surface area contributed by atoms with Crippen LogP contribution in [0.3, 0.4) is 0 Å². The predicted octanol–water partition coefficient (Wildman–Crippen LogP) is 1.22. The predicted molar refractivity (Wildman–Crippen MR) is 61.1 cm³/mol. The van der Waals surface area contributed by atoms with Crippen LogP contribution < -0.4 is 4.90 Å². The number of aliphatic hydroxyl groups excluding tert-OH is 1. The summed E-state index contributed by atoms with van der Waals surface area (Å²) < 4.78 is 0. The van der Waals surface area contributed by atoms with E-state index >= 15 is 0 Å². The average Bonchev–Trinajstić information content (AvgIpc) is 3.09. The second kappa shape index (κ2) is 4.50. The first-order valence-corrected chi connectivity index (χ1v) is 5.51. The minimum Gasteiger partial charge on any atom is -0.395 e. The molecule has 1 fully saturated rings. The van der Waals surface area contributed by atoms with Crippen molar-refractivity contribution in [3.8, 4) is 6.07 Å². The van der Waals surface area contributed by atoms with Crippen LogP contribution in [0.25, 0.3) is 0 Å². The SMILES string of the molecule is Cc1ccnc(N(CCO)C2CC2)c1C#N. The third-order valence-electron chi connectivity index (χ3n) is 2.85. The lowest BCUT2D eigenvalue weighted by Crippen LogP contribution is -2.30. The summed E-state index contributed by atoms with van der Waals surface area (Å²) in [5, 5.41) is 18.2. The number of pyridine rings is 1. The molecule has 0 spiro atoms. The van der Waals surface area contributed by atoms with Crippen LogP contribution >= 0.6 is 0 Å². The molecule has 0 aromatic carbocycles. The van der Waals surface area contributed by atoms with Gasteiger partial charge in [0, 0.05) is 18.8 Å². The molecule has 0 aliphatic heterocycles. The van der Waals surface area contributed by atoms with Crippen LogP contribution in [0.15, 0.2) is 12.3 Å². The van der Waals surface area contributed by atoms with Gasteiger partial charge in [0.2, 0.25) is 0 Å². The average molecular weight is 217 g/mol. The van der Waals surface area contributed by atoms with E-state index in [1.165, 1.54) is 0 Å². The van der Waals surface area contributed by atoms with Gasteiger partial charge in [0.15, 0.2) is 0 Å². The molecular weight excluding hydrogens is 202 g/mol. The number of rotatable bonds is 4. The highest BCUT2D eigenvalue weighted by atomic mass is 16.3. The van der Waals surface area contributed by atoms with E-state index in [1.54, 1.807) is 6.20 Å². The molecule has 1 N–H and O–H groups in total. The maximum absolute atomic E-state index is 9.14. The van der Waals surface area contributed by atoms with Crippen molar-refractivity contribution in [3.63, 3.8) is 0 Å². The van der Waals surface area contributed by atoms with Crippen molar-refractivity contribution in [2.24, 2.45) is 0 Å². The molecule has 0 radical (unpaired) electrons. The molecule has 1 saturated carbocycles. The van der Waals surface area contributed by atoms with Crippen LogP contribution in [0.4, 0.5) is 5.82 Å². The fourth-order valence-corrected chi connectivity index (χ4v) is 1.86. The molecule has 1 heterocycles. The second-order valence-electron chi connectivity index (χ2n) is 4.09. The Hall–Kier alpha value is -1.60. The Morgan fingerprint density at radius 3 is 2.94 bits per heavy atom. The standard InChI is InChI=1S/C12H15N3O/c1-9-4-5-14-12(11(9)8-13)15(6-7-16)10-2-3-10/h4-5,10,16H,2-3,6-7H2,1H3. The highest BCUT2D eigenvalue weighted by Gasteiger charge is 2.31. The van der Waals surface area contributed by atoms with Crippen molar-refractivity contribution in [1.29, 1.82) is 5.26 Å². The Balaban J connectivity index is 2.37. The minimum atomic E-state index is 0.0942. The van der Waals surface area contributed by atoms with Gasteiger partial charge in [-0.05, 0) is 31.4 Å². The summed E-state index contributed by atoms with van der Waals surface area (Å²) in [6.45, 7) is 2.56. The van der Waals surface area contributed by atoms with E-state index in [0.717, 1.165) is 24.2 Å². The van der Waals surface area contributed by atoms with E-state index in [0.29, 0.717) is 18.2 Å². The number of hydrogen-bond acceptors (Lipinski definition) is 4. The van der Waals surface area contributed by atoms with Crippen LogP contribution in [0.2, 0.25) is 0 Å². The molecule has 4 heteroatoms. The molecule has 1 aromatic heterocycles. The third kappa shape index (κ3) is 2.00. The fourth-order valence-electron chi connectivity index (χ4n) is 1.86. The number of aliphatic hydroxyl groups is 1. The number of aryl methyl sites for hydroxylation is 1.